The molecule has 2 N–H and O–H groups in total. The maximum absolute atomic E-state index is 11.9. The average Bonchev–Trinajstić information content (AvgIpc) is 2.47. The molecule has 0 saturated carbocycles. The fourth-order valence-corrected chi connectivity index (χ4v) is 2.50. The van der Waals surface area contributed by atoms with Gasteiger partial charge in [0.05, 0.1) is 6.04 Å². The van der Waals surface area contributed by atoms with Crippen LogP contribution in [0.2, 0.25) is 0 Å². The van der Waals surface area contributed by atoms with Crippen LogP contribution >= 0.6 is 0 Å². The summed E-state index contributed by atoms with van der Waals surface area (Å²) in [5.74, 6) is 0.128. The van der Waals surface area contributed by atoms with Crippen LogP contribution in [0.3, 0.4) is 0 Å². The van der Waals surface area contributed by atoms with Crippen molar-refractivity contribution in [1.29, 1.82) is 0 Å². The Labute approximate surface area is 115 Å². The topological polar surface area (TPSA) is 54.0 Å². The molecular formula is C15H23N3O. The van der Waals surface area contributed by atoms with Crippen LogP contribution in [0.5, 0.6) is 0 Å². The molecule has 4 heteroatoms. The molecule has 0 bridgehead atoms. The van der Waals surface area contributed by atoms with Gasteiger partial charge in [0.1, 0.15) is 0 Å². The Kier molecular flexibility index (Phi) is 5.33. The highest BCUT2D eigenvalue weighted by Gasteiger charge is 2.15. The van der Waals surface area contributed by atoms with E-state index >= 15 is 0 Å². The van der Waals surface area contributed by atoms with Gasteiger partial charge in [-0.25, -0.2) is 0 Å². The van der Waals surface area contributed by atoms with Gasteiger partial charge in [-0.15, -0.1) is 0 Å². The second kappa shape index (κ2) is 7.24. The Hall–Kier alpha value is -1.42. The van der Waals surface area contributed by atoms with E-state index in [2.05, 4.69) is 15.6 Å². The lowest BCUT2D eigenvalue weighted by Gasteiger charge is -2.23. The lowest BCUT2D eigenvalue weighted by molar-refractivity contribution is -0.122. The largest absolute Gasteiger partial charge is 0.350 e. The van der Waals surface area contributed by atoms with Gasteiger partial charge in [0.25, 0.3) is 0 Å². The van der Waals surface area contributed by atoms with Gasteiger partial charge in [-0.05, 0) is 44.4 Å². The Morgan fingerprint density at radius 3 is 3.16 bits per heavy atom. The zero-order valence-corrected chi connectivity index (χ0v) is 11.6. The highest BCUT2D eigenvalue weighted by molar-refractivity contribution is 5.76. The summed E-state index contributed by atoms with van der Waals surface area (Å²) in [6, 6.07) is 4.43. The van der Waals surface area contributed by atoms with Crippen molar-refractivity contribution in [2.75, 3.05) is 6.54 Å². The van der Waals surface area contributed by atoms with Crippen molar-refractivity contribution >= 4 is 5.91 Å². The van der Waals surface area contributed by atoms with Crippen molar-refractivity contribution in [3.05, 3.63) is 30.1 Å². The maximum atomic E-state index is 11.9. The molecular weight excluding hydrogens is 238 g/mol. The minimum atomic E-state index is 0.0283. The molecule has 4 nitrogen and oxygen atoms in total. The fourth-order valence-electron chi connectivity index (χ4n) is 2.50. The number of pyridine rings is 1. The number of rotatable bonds is 5. The molecule has 1 unspecified atom stereocenters. The number of hydrogen-bond acceptors (Lipinski definition) is 3. The summed E-state index contributed by atoms with van der Waals surface area (Å²) >= 11 is 0. The quantitative estimate of drug-likeness (QED) is 0.854. The number of aromatic nitrogens is 1. The van der Waals surface area contributed by atoms with E-state index in [1.807, 2.05) is 19.1 Å². The second-order valence-electron chi connectivity index (χ2n) is 5.26. The third kappa shape index (κ3) is 4.63. The summed E-state index contributed by atoms with van der Waals surface area (Å²) in [6.45, 7) is 3.09. The van der Waals surface area contributed by atoms with E-state index in [-0.39, 0.29) is 11.9 Å². The van der Waals surface area contributed by atoms with Gasteiger partial charge in [0, 0.05) is 24.9 Å². The highest BCUT2D eigenvalue weighted by atomic mass is 16.1. The van der Waals surface area contributed by atoms with Crippen LogP contribution in [-0.4, -0.2) is 23.5 Å². The summed E-state index contributed by atoms with van der Waals surface area (Å²) in [5.41, 5.74) is 1.05. The van der Waals surface area contributed by atoms with E-state index in [4.69, 9.17) is 0 Å². The molecule has 1 amide bonds. The predicted molar refractivity (Wildman–Crippen MR) is 75.7 cm³/mol. The van der Waals surface area contributed by atoms with E-state index in [9.17, 15) is 4.79 Å². The molecule has 2 atom stereocenters. The Morgan fingerprint density at radius 2 is 2.47 bits per heavy atom. The molecule has 19 heavy (non-hydrogen) atoms. The maximum Gasteiger partial charge on any atom is 0.220 e. The monoisotopic (exact) mass is 261 g/mol. The number of piperidine rings is 1. The van der Waals surface area contributed by atoms with Gasteiger partial charge in [-0.2, -0.15) is 0 Å². The molecule has 1 aromatic heterocycles. The molecule has 2 rings (SSSR count). The van der Waals surface area contributed by atoms with E-state index in [0.29, 0.717) is 12.5 Å². The van der Waals surface area contributed by atoms with Crippen molar-refractivity contribution < 1.29 is 4.79 Å². The molecule has 104 valence electrons. The van der Waals surface area contributed by atoms with Crippen molar-refractivity contribution in [2.45, 2.75) is 51.1 Å². The lowest BCUT2D eigenvalue weighted by atomic mass is 10.0. The molecule has 0 radical (unpaired) electrons. The van der Waals surface area contributed by atoms with Crippen LogP contribution in [0, 0.1) is 0 Å². The number of nitrogens with zero attached hydrogens (tertiary/aromatic N) is 1. The third-order valence-electron chi connectivity index (χ3n) is 3.69. The summed E-state index contributed by atoms with van der Waals surface area (Å²) in [4.78, 5) is 16.0. The number of amides is 1. The molecule has 1 saturated heterocycles. The van der Waals surface area contributed by atoms with E-state index in [1.165, 1.54) is 19.3 Å². The van der Waals surface area contributed by atoms with Gasteiger partial charge in [-0.1, -0.05) is 12.5 Å². The van der Waals surface area contributed by atoms with Gasteiger partial charge < -0.3 is 10.6 Å². The van der Waals surface area contributed by atoms with Crippen molar-refractivity contribution in [3.8, 4) is 0 Å². The molecule has 0 spiro atoms. The van der Waals surface area contributed by atoms with Gasteiger partial charge in [0.2, 0.25) is 5.91 Å². The van der Waals surface area contributed by atoms with E-state index in [0.717, 1.165) is 18.5 Å². The first-order valence-corrected chi connectivity index (χ1v) is 7.18. The number of carbonyl (C=O) groups is 1. The highest BCUT2D eigenvalue weighted by Crippen LogP contribution is 2.13. The van der Waals surface area contributed by atoms with Gasteiger partial charge >= 0.3 is 0 Å². The van der Waals surface area contributed by atoms with Crippen molar-refractivity contribution in [3.63, 3.8) is 0 Å². The van der Waals surface area contributed by atoms with Gasteiger partial charge in [-0.3, -0.25) is 9.78 Å². The SMILES string of the molecule is C[C@H](NC(=O)CCC1CCCCN1)c1cccnc1. The smallest absolute Gasteiger partial charge is 0.220 e. The predicted octanol–water partition coefficient (Wildman–Crippen LogP) is 2.18. The summed E-state index contributed by atoms with van der Waals surface area (Å²) in [6.07, 6.45) is 8.83. The Morgan fingerprint density at radius 1 is 1.58 bits per heavy atom. The number of nitrogens with one attached hydrogen (secondary N) is 2. The first kappa shape index (κ1) is 14.0. The molecule has 1 aromatic rings. The summed E-state index contributed by atoms with van der Waals surface area (Å²) < 4.78 is 0. The second-order valence-corrected chi connectivity index (χ2v) is 5.26. The van der Waals surface area contributed by atoms with Crippen molar-refractivity contribution in [2.24, 2.45) is 0 Å². The molecule has 1 aliphatic heterocycles. The third-order valence-corrected chi connectivity index (χ3v) is 3.69. The van der Waals surface area contributed by atoms with Crippen LogP contribution < -0.4 is 10.6 Å². The normalized spacial score (nSPS) is 20.8. The van der Waals surface area contributed by atoms with Crippen molar-refractivity contribution in [1.82, 2.24) is 15.6 Å². The molecule has 2 heterocycles. The molecule has 1 fully saturated rings. The fraction of sp³-hybridized carbons (Fsp3) is 0.600. The Balaban J connectivity index is 1.71. The van der Waals surface area contributed by atoms with Crippen LogP contribution in [0.1, 0.15) is 50.6 Å². The van der Waals surface area contributed by atoms with E-state index in [1.54, 1.807) is 12.4 Å². The zero-order chi connectivity index (χ0) is 13.5. The summed E-state index contributed by atoms with van der Waals surface area (Å²) in [7, 11) is 0. The van der Waals surface area contributed by atoms with E-state index < -0.39 is 0 Å². The standard InChI is InChI=1S/C15H23N3O/c1-12(13-5-4-9-16-11-13)18-15(19)8-7-14-6-2-3-10-17-14/h4-5,9,11-12,14,17H,2-3,6-8,10H2,1H3,(H,18,19)/t12-,14?/m0/s1. The van der Waals surface area contributed by atoms with Crippen LogP contribution in [0.25, 0.3) is 0 Å². The first-order valence-electron chi connectivity index (χ1n) is 7.18. The number of carbonyl (C=O) groups excluding carboxylic acids is 1. The Bertz CT molecular complexity index is 388. The minimum absolute atomic E-state index is 0.0283. The van der Waals surface area contributed by atoms with Crippen LogP contribution in [0.15, 0.2) is 24.5 Å². The lowest BCUT2D eigenvalue weighted by Crippen LogP contribution is -2.35. The minimum Gasteiger partial charge on any atom is -0.350 e. The molecule has 1 aliphatic rings. The number of hydrogen-bond donors (Lipinski definition) is 2. The first-order chi connectivity index (χ1) is 9.25. The summed E-state index contributed by atoms with van der Waals surface area (Å²) in [5, 5.41) is 6.50. The van der Waals surface area contributed by atoms with Crippen LogP contribution in [0.4, 0.5) is 0 Å². The van der Waals surface area contributed by atoms with Gasteiger partial charge in [0.15, 0.2) is 0 Å². The average molecular weight is 261 g/mol. The molecule has 0 aromatic carbocycles. The van der Waals surface area contributed by atoms with Crippen LogP contribution in [-0.2, 0) is 4.79 Å². The molecule has 0 aliphatic carbocycles. The zero-order valence-electron chi connectivity index (χ0n) is 11.6.